The Morgan fingerprint density at radius 3 is 2.79 bits per heavy atom. The van der Waals surface area contributed by atoms with E-state index in [-0.39, 0.29) is 11.2 Å². The molecule has 0 radical (unpaired) electrons. The number of aliphatic hydroxyl groups is 1. The fraction of sp³-hybridized carbons (Fsp3) is 0.917. The second-order valence-electron chi connectivity index (χ2n) is 5.67. The summed E-state index contributed by atoms with van der Waals surface area (Å²) in [6.07, 6.45) is 6.15. The van der Waals surface area contributed by atoms with Crippen LogP contribution in [0.4, 0.5) is 0 Å². The fourth-order valence-corrected chi connectivity index (χ4v) is 3.38. The van der Waals surface area contributed by atoms with Gasteiger partial charge >= 0.3 is 0 Å². The summed E-state index contributed by atoms with van der Waals surface area (Å²) in [7, 11) is 0. The third-order valence-electron chi connectivity index (χ3n) is 4.32. The third kappa shape index (κ3) is 1.50. The molecular weight excluding hydrogens is 176 g/mol. The lowest BCUT2D eigenvalue weighted by Gasteiger charge is -2.49. The van der Waals surface area contributed by atoms with Crippen molar-refractivity contribution in [1.82, 2.24) is 0 Å². The Hall–Kier alpha value is -0.370. The van der Waals surface area contributed by atoms with Crippen LogP contribution in [0.15, 0.2) is 0 Å². The van der Waals surface area contributed by atoms with E-state index in [1.807, 2.05) is 0 Å². The molecule has 0 aromatic heterocycles. The second kappa shape index (κ2) is 3.06. The molecule has 0 aromatic rings. The average Bonchev–Trinajstić information content (AvgIpc) is 2.06. The molecule has 2 rings (SSSR count). The lowest BCUT2D eigenvalue weighted by molar-refractivity contribution is -0.151. The van der Waals surface area contributed by atoms with E-state index >= 15 is 0 Å². The van der Waals surface area contributed by atoms with Gasteiger partial charge in [-0.05, 0) is 37.5 Å². The minimum absolute atomic E-state index is 0.0573. The number of hydrogen-bond donors (Lipinski definition) is 1. The summed E-state index contributed by atoms with van der Waals surface area (Å²) in [6, 6.07) is 0. The zero-order valence-electron chi connectivity index (χ0n) is 9.18. The maximum atomic E-state index is 11.7. The van der Waals surface area contributed by atoms with Crippen LogP contribution < -0.4 is 0 Å². The van der Waals surface area contributed by atoms with E-state index < -0.39 is 5.60 Å². The molecular formula is C12H20O2. The monoisotopic (exact) mass is 196 g/mol. The predicted octanol–water partition coefficient (Wildman–Crippen LogP) is 2.30. The molecule has 0 aliphatic heterocycles. The highest BCUT2D eigenvalue weighted by atomic mass is 16.3. The number of fused-ring (bicyclic) bond motifs is 1. The molecule has 0 saturated heterocycles. The maximum Gasteiger partial charge on any atom is 0.164 e. The SMILES string of the molecule is CC1(O)C[C@]2(C)CCCC[C@H]2CC1=O. The number of carbonyl (C=O) groups excluding carboxylic acids is 1. The van der Waals surface area contributed by atoms with Crippen LogP contribution in [0.1, 0.15) is 52.4 Å². The minimum atomic E-state index is -1.05. The molecule has 0 amide bonds. The van der Waals surface area contributed by atoms with E-state index in [2.05, 4.69) is 6.92 Å². The normalized spacial score (nSPS) is 48.8. The summed E-state index contributed by atoms with van der Waals surface area (Å²) in [5.74, 6) is 0.589. The molecule has 2 nitrogen and oxygen atoms in total. The van der Waals surface area contributed by atoms with Gasteiger partial charge in [-0.2, -0.15) is 0 Å². The first kappa shape index (κ1) is 10.2. The molecule has 2 aliphatic carbocycles. The molecule has 1 N–H and O–H groups in total. The van der Waals surface area contributed by atoms with Crippen LogP contribution in [0.2, 0.25) is 0 Å². The zero-order chi connectivity index (χ0) is 10.4. The third-order valence-corrected chi connectivity index (χ3v) is 4.32. The number of hydrogen-bond acceptors (Lipinski definition) is 2. The molecule has 2 heteroatoms. The van der Waals surface area contributed by atoms with Gasteiger partial charge in [0.1, 0.15) is 5.60 Å². The highest BCUT2D eigenvalue weighted by Crippen LogP contribution is 2.51. The molecule has 2 saturated carbocycles. The Morgan fingerprint density at radius 1 is 1.36 bits per heavy atom. The summed E-state index contributed by atoms with van der Waals surface area (Å²) in [6.45, 7) is 3.93. The van der Waals surface area contributed by atoms with Crippen LogP contribution in [0, 0.1) is 11.3 Å². The van der Waals surface area contributed by atoms with E-state index in [1.54, 1.807) is 6.92 Å². The lowest BCUT2D eigenvalue weighted by atomic mass is 9.57. The van der Waals surface area contributed by atoms with Crippen molar-refractivity contribution in [2.45, 2.75) is 58.0 Å². The molecule has 0 aromatic carbocycles. The highest BCUT2D eigenvalue weighted by molar-refractivity contribution is 5.87. The topological polar surface area (TPSA) is 37.3 Å². The summed E-state index contributed by atoms with van der Waals surface area (Å²) in [5, 5.41) is 10.00. The summed E-state index contributed by atoms with van der Waals surface area (Å²) >= 11 is 0. The van der Waals surface area contributed by atoms with E-state index in [1.165, 1.54) is 25.7 Å². The maximum absolute atomic E-state index is 11.7. The number of ketones is 1. The van der Waals surface area contributed by atoms with Crippen molar-refractivity contribution in [2.75, 3.05) is 0 Å². The highest BCUT2D eigenvalue weighted by Gasteiger charge is 2.49. The first-order valence-corrected chi connectivity index (χ1v) is 5.70. The van der Waals surface area contributed by atoms with E-state index in [9.17, 15) is 9.90 Å². The van der Waals surface area contributed by atoms with Crippen molar-refractivity contribution >= 4 is 5.78 Å². The van der Waals surface area contributed by atoms with Crippen molar-refractivity contribution in [3.05, 3.63) is 0 Å². The van der Waals surface area contributed by atoms with E-state index in [4.69, 9.17) is 0 Å². The largest absolute Gasteiger partial charge is 0.382 e. The molecule has 14 heavy (non-hydrogen) atoms. The van der Waals surface area contributed by atoms with Gasteiger partial charge in [-0.25, -0.2) is 0 Å². The molecule has 2 fully saturated rings. The Bertz CT molecular complexity index is 257. The van der Waals surface area contributed by atoms with Gasteiger partial charge in [-0.3, -0.25) is 4.79 Å². The molecule has 80 valence electrons. The van der Waals surface area contributed by atoms with Crippen LogP contribution in [0.25, 0.3) is 0 Å². The van der Waals surface area contributed by atoms with Gasteiger partial charge in [0.05, 0.1) is 0 Å². The fourth-order valence-electron chi connectivity index (χ4n) is 3.38. The van der Waals surface area contributed by atoms with E-state index in [0.717, 1.165) is 0 Å². The van der Waals surface area contributed by atoms with Crippen molar-refractivity contribution in [3.63, 3.8) is 0 Å². The Morgan fingerprint density at radius 2 is 2.07 bits per heavy atom. The van der Waals surface area contributed by atoms with Crippen LogP contribution in [-0.2, 0) is 4.79 Å². The quantitative estimate of drug-likeness (QED) is 0.645. The second-order valence-corrected chi connectivity index (χ2v) is 5.67. The zero-order valence-corrected chi connectivity index (χ0v) is 9.18. The molecule has 0 spiro atoms. The average molecular weight is 196 g/mol. The van der Waals surface area contributed by atoms with E-state index in [0.29, 0.717) is 18.8 Å². The van der Waals surface area contributed by atoms with Gasteiger partial charge in [-0.15, -0.1) is 0 Å². The van der Waals surface area contributed by atoms with Crippen molar-refractivity contribution in [3.8, 4) is 0 Å². The summed E-state index contributed by atoms with van der Waals surface area (Å²) in [5.41, 5.74) is -0.835. The molecule has 0 heterocycles. The minimum Gasteiger partial charge on any atom is -0.382 e. The molecule has 0 bridgehead atoms. The van der Waals surface area contributed by atoms with Crippen LogP contribution in [-0.4, -0.2) is 16.5 Å². The summed E-state index contributed by atoms with van der Waals surface area (Å²) in [4.78, 5) is 11.7. The number of carbonyl (C=O) groups is 1. The Balaban J connectivity index is 2.22. The Kier molecular flexibility index (Phi) is 2.22. The van der Waals surface area contributed by atoms with Gasteiger partial charge in [0.15, 0.2) is 5.78 Å². The van der Waals surface area contributed by atoms with Gasteiger partial charge in [0.2, 0.25) is 0 Å². The Labute approximate surface area is 85.7 Å². The standard InChI is InChI=1S/C12H20O2/c1-11-6-4-3-5-9(11)7-10(13)12(2,14)8-11/h9,14H,3-8H2,1-2H3/t9-,11-,12?/m0/s1. The van der Waals surface area contributed by atoms with Crippen LogP contribution in [0.5, 0.6) is 0 Å². The van der Waals surface area contributed by atoms with Crippen molar-refractivity contribution in [1.29, 1.82) is 0 Å². The van der Waals surface area contributed by atoms with Gasteiger partial charge in [0.25, 0.3) is 0 Å². The molecule has 2 aliphatic rings. The van der Waals surface area contributed by atoms with Crippen LogP contribution in [0.3, 0.4) is 0 Å². The van der Waals surface area contributed by atoms with Crippen LogP contribution >= 0.6 is 0 Å². The smallest absolute Gasteiger partial charge is 0.164 e. The lowest BCUT2D eigenvalue weighted by Crippen LogP contribution is -2.50. The van der Waals surface area contributed by atoms with Gasteiger partial charge in [-0.1, -0.05) is 19.8 Å². The van der Waals surface area contributed by atoms with Crippen molar-refractivity contribution < 1.29 is 9.90 Å². The van der Waals surface area contributed by atoms with Gasteiger partial charge in [0, 0.05) is 6.42 Å². The number of Topliss-reactive ketones (excluding diaryl/α,β-unsaturated/α-hetero) is 1. The molecule has 3 atom stereocenters. The first-order valence-electron chi connectivity index (χ1n) is 5.70. The van der Waals surface area contributed by atoms with Gasteiger partial charge < -0.3 is 5.11 Å². The van der Waals surface area contributed by atoms with Crippen molar-refractivity contribution in [2.24, 2.45) is 11.3 Å². The predicted molar refractivity (Wildman–Crippen MR) is 54.9 cm³/mol. The first-order chi connectivity index (χ1) is 6.44. The summed E-state index contributed by atoms with van der Waals surface area (Å²) < 4.78 is 0. The molecule has 1 unspecified atom stereocenters. The number of rotatable bonds is 0.